The van der Waals surface area contributed by atoms with Crippen molar-refractivity contribution in [3.05, 3.63) is 12.2 Å². The monoisotopic (exact) mass is 293 g/mol. The van der Waals surface area contributed by atoms with Gasteiger partial charge in [0, 0.05) is 13.1 Å². The number of aliphatic hydroxyl groups is 5. The molecule has 6 N–H and O–H groups in total. The second-order valence-corrected chi connectivity index (χ2v) is 4.82. The van der Waals surface area contributed by atoms with Gasteiger partial charge in [0.05, 0.1) is 19.1 Å². The van der Waals surface area contributed by atoms with E-state index in [0.29, 0.717) is 5.57 Å². The molecule has 0 aliphatic heterocycles. The largest absolute Gasteiger partial charge is 0.481 e. The lowest BCUT2D eigenvalue weighted by atomic mass is 10.0. The Morgan fingerprint density at radius 2 is 1.65 bits per heavy atom. The highest BCUT2D eigenvalue weighted by Gasteiger charge is 2.30. The molecule has 0 aliphatic carbocycles. The lowest BCUT2D eigenvalue weighted by Gasteiger charge is -2.28. The summed E-state index contributed by atoms with van der Waals surface area (Å²) >= 11 is 0. The van der Waals surface area contributed by atoms with Crippen LogP contribution in [0.3, 0.4) is 0 Å². The topological polar surface area (TPSA) is 142 Å². The molecule has 0 radical (unpaired) electrons. The number of rotatable bonds is 10. The van der Waals surface area contributed by atoms with Crippen molar-refractivity contribution in [3.8, 4) is 0 Å². The van der Waals surface area contributed by atoms with Gasteiger partial charge in [-0.05, 0) is 7.05 Å². The summed E-state index contributed by atoms with van der Waals surface area (Å²) in [6.45, 7) is 2.98. The van der Waals surface area contributed by atoms with E-state index < -0.39 is 37.0 Å². The van der Waals surface area contributed by atoms with Gasteiger partial charge in [0.2, 0.25) is 0 Å². The van der Waals surface area contributed by atoms with Crippen molar-refractivity contribution in [1.29, 1.82) is 0 Å². The molecule has 0 aromatic rings. The van der Waals surface area contributed by atoms with Crippen molar-refractivity contribution < 1.29 is 35.4 Å². The van der Waals surface area contributed by atoms with Gasteiger partial charge in [0.15, 0.2) is 0 Å². The molecule has 0 spiro atoms. The Balaban J connectivity index is 4.27. The van der Waals surface area contributed by atoms with Crippen LogP contribution in [0.2, 0.25) is 0 Å². The third-order valence-electron chi connectivity index (χ3n) is 2.72. The summed E-state index contributed by atoms with van der Waals surface area (Å²) < 4.78 is 0. The van der Waals surface area contributed by atoms with Crippen LogP contribution in [-0.4, -0.2) is 92.7 Å². The number of hydrogen-bond acceptors (Lipinski definition) is 7. The van der Waals surface area contributed by atoms with Gasteiger partial charge in [-0.25, -0.2) is 0 Å². The van der Waals surface area contributed by atoms with E-state index in [1.54, 1.807) is 7.05 Å². The SMILES string of the molecule is C=C(CC(=O)O)CN(C)C[C@H](O)[C@@H](O)[C@H](O)[C@H](O)CO. The van der Waals surface area contributed by atoms with Crippen LogP contribution >= 0.6 is 0 Å². The number of likely N-dealkylation sites (N-methyl/N-ethyl adjacent to an activating group) is 1. The molecule has 8 nitrogen and oxygen atoms in total. The molecule has 0 aromatic carbocycles. The standard InChI is InChI=1S/C12H23NO7/c1-7(3-10(17)18)4-13(2)5-8(15)11(19)12(20)9(16)6-14/h8-9,11-12,14-16,19-20H,1,3-6H2,2H3,(H,17,18)/t8-,9+,11+,12+/m0/s1. The predicted octanol–water partition coefficient (Wildman–Crippen LogP) is -2.61. The molecule has 20 heavy (non-hydrogen) atoms. The van der Waals surface area contributed by atoms with E-state index in [9.17, 15) is 20.1 Å². The Kier molecular flexibility index (Phi) is 8.54. The molecule has 0 amide bonds. The van der Waals surface area contributed by atoms with Crippen LogP contribution in [0.15, 0.2) is 12.2 Å². The highest BCUT2D eigenvalue weighted by atomic mass is 16.4. The molecular formula is C12H23NO7. The smallest absolute Gasteiger partial charge is 0.307 e. The minimum atomic E-state index is -1.68. The Hall–Kier alpha value is -1.03. The lowest BCUT2D eigenvalue weighted by molar-refractivity contribution is -0.136. The summed E-state index contributed by atoms with van der Waals surface area (Å²) in [5.74, 6) is -1.01. The van der Waals surface area contributed by atoms with E-state index in [1.807, 2.05) is 0 Å². The van der Waals surface area contributed by atoms with Gasteiger partial charge in [-0.1, -0.05) is 12.2 Å². The molecule has 0 aliphatic rings. The Morgan fingerprint density at radius 3 is 2.10 bits per heavy atom. The van der Waals surface area contributed by atoms with Crippen molar-refractivity contribution in [3.63, 3.8) is 0 Å². The molecule has 0 bridgehead atoms. The first kappa shape index (κ1) is 19.0. The van der Waals surface area contributed by atoms with E-state index in [4.69, 9.17) is 15.3 Å². The van der Waals surface area contributed by atoms with E-state index in [1.165, 1.54) is 4.90 Å². The number of carboxylic acid groups (broad SMARTS) is 1. The van der Waals surface area contributed by atoms with Crippen LogP contribution in [0, 0.1) is 0 Å². The van der Waals surface area contributed by atoms with Crippen molar-refractivity contribution in [1.82, 2.24) is 4.90 Å². The first-order valence-corrected chi connectivity index (χ1v) is 6.09. The van der Waals surface area contributed by atoms with Crippen LogP contribution in [0.5, 0.6) is 0 Å². The zero-order valence-corrected chi connectivity index (χ0v) is 11.4. The number of aliphatic carboxylic acids is 1. The molecule has 0 heterocycles. The summed E-state index contributed by atoms with van der Waals surface area (Å²) in [5, 5.41) is 55.1. The number of nitrogens with zero attached hydrogens (tertiary/aromatic N) is 1. The van der Waals surface area contributed by atoms with Gasteiger partial charge >= 0.3 is 5.97 Å². The number of carboxylic acids is 1. The van der Waals surface area contributed by atoms with Crippen LogP contribution in [0.1, 0.15) is 6.42 Å². The Bertz CT molecular complexity index is 323. The quantitative estimate of drug-likeness (QED) is 0.241. The van der Waals surface area contributed by atoms with Gasteiger partial charge in [-0.2, -0.15) is 0 Å². The summed E-state index contributed by atoms with van der Waals surface area (Å²) in [6, 6.07) is 0. The maximum Gasteiger partial charge on any atom is 0.307 e. The van der Waals surface area contributed by atoms with Crippen LogP contribution in [0.4, 0.5) is 0 Å². The normalized spacial score (nSPS) is 17.6. The first-order chi connectivity index (χ1) is 9.18. The highest BCUT2D eigenvalue weighted by Crippen LogP contribution is 2.08. The zero-order chi connectivity index (χ0) is 15.9. The van der Waals surface area contributed by atoms with Gasteiger partial charge in [-0.3, -0.25) is 9.69 Å². The molecule has 4 atom stereocenters. The van der Waals surface area contributed by atoms with Gasteiger partial charge < -0.3 is 30.6 Å². The minimum Gasteiger partial charge on any atom is -0.481 e. The number of hydrogen-bond donors (Lipinski definition) is 6. The predicted molar refractivity (Wildman–Crippen MR) is 70.0 cm³/mol. The maximum atomic E-state index is 10.5. The summed E-state index contributed by atoms with van der Waals surface area (Å²) in [4.78, 5) is 12.0. The van der Waals surface area contributed by atoms with E-state index >= 15 is 0 Å². The second-order valence-electron chi connectivity index (χ2n) is 4.82. The van der Waals surface area contributed by atoms with Gasteiger partial charge in [-0.15, -0.1) is 0 Å². The van der Waals surface area contributed by atoms with Crippen molar-refractivity contribution in [2.24, 2.45) is 0 Å². The van der Waals surface area contributed by atoms with E-state index in [2.05, 4.69) is 6.58 Å². The third kappa shape index (κ3) is 6.94. The fourth-order valence-corrected chi connectivity index (χ4v) is 1.71. The molecule has 0 saturated heterocycles. The number of aliphatic hydroxyl groups excluding tert-OH is 5. The van der Waals surface area contributed by atoms with Crippen LogP contribution in [-0.2, 0) is 4.79 Å². The average molecular weight is 293 g/mol. The lowest BCUT2D eigenvalue weighted by Crippen LogP contribution is -2.49. The Morgan fingerprint density at radius 1 is 1.15 bits per heavy atom. The zero-order valence-electron chi connectivity index (χ0n) is 11.4. The maximum absolute atomic E-state index is 10.5. The summed E-state index contributed by atoms with van der Waals surface area (Å²) in [5.41, 5.74) is 0.428. The molecule has 118 valence electrons. The fourth-order valence-electron chi connectivity index (χ4n) is 1.71. The fraction of sp³-hybridized carbons (Fsp3) is 0.750. The summed E-state index contributed by atoms with van der Waals surface area (Å²) in [7, 11) is 1.58. The minimum absolute atomic E-state index is 0.0605. The van der Waals surface area contributed by atoms with Crippen molar-refractivity contribution in [2.75, 3.05) is 26.7 Å². The van der Waals surface area contributed by atoms with E-state index in [0.717, 1.165) is 0 Å². The highest BCUT2D eigenvalue weighted by molar-refractivity contribution is 5.69. The molecule has 0 saturated carbocycles. The number of carbonyl (C=O) groups is 1. The second kappa shape index (κ2) is 9.01. The van der Waals surface area contributed by atoms with Crippen LogP contribution < -0.4 is 0 Å². The molecule has 8 heteroatoms. The Labute approximate surface area is 117 Å². The van der Waals surface area contributed by atoms with Crippen molar-refractivity contribution in [2.45, 2.75) is 30.8 Å². The molecule has 0 rings (SSSR count). The van der Waals surface area contributed by atoms with Gasteiger partial charge in [0.1, 0.15) is 18.3 Å². The molecule has 0 aromatic heterocycles. The first-order valence-electron chi connectivity index (χ1n) is 6.09. The third-order valence-corrected chi connectivity index (χ3v) is 2.72. The average Bonchev–Trinajstić information content (AvgIpc) is 2.34. The molecule has 0 unspecified atom stereocenters. The van der Waals surface area contributed by atoms with Crippen molar-refractivity contribution >= 4 is 5.97 Å². The van der Waals surface area contributed by atoms with E-state index in [-0.39, 0.29) is 19.5 Å². The molecule has 0 fully saturated rings. The van der Waals surface area contributed by atoms with Crippen LogP contribution in [0.25, 0.3) is 0 Å². The summed E-state index contributed by atoms with van der Waals surface area (Å²) in [6.07, 6.45) is -6.42. The molecular weight excluding hydrogens is 270 g/mol. The van der Waals surface area contributed by atoms with Gasteiger partial charge in [0.25, 0.3) is 0 Å².